The average molecular weight is 479 g/mol. The number of carbonyl (C=O) groups excluding carboxylic acids is 1. The summed E-state index contributed by atoms with van der Waals surface area (Å²) in [6.07, 6.45) is 5.61. The van der Waals surface area contributed by atoms with Crippen LogP contribution < -0.4 is 10.1 Å². The summed E-state index contributed by atoms with van der Waals surface area (Å²) < 4.78 is 13.3. The van der Waals surface area contributed by atoms with E-state index in [0.29, 0.717) is 6.54 Å². The lowest BCUT2D eigenvalue weighted by atomic mass is 10.1. The number of ether oxygens (including phenoxy) is 2. The molecule has 1 aliphatic carbocycles. The molecule has 1 fully saturated rings. The normalized spacial score (nSPS) is 18.0. The van der Waals surface area contributed by atoms with Crippen LogP contribution in [-0.2, 0) is 28.9 Å². The van der Waals surface area contributed by atoms with E-state index in [2.05, 4.69) is 32.2 Å². The van der Waals surface area contributed by atoms with Gasteiger partial charge in [0, 0.05) is 17.9 Å². The Bertz CT molecular complexity index is 1160. The molecule has 1 aromatic heterocycles. The highest BCUT2D eigenvalue weighted by atomic mass is 32.2. The molecule has 0 radical (unpaired) electrons. The van der Waals surface area contributed by atoms with Gasteiger partial charge < -0.3 is 14.8 Å². The number of fused-ring (bicyclic) bond motifs is 1. The molecule has 1 amide bonds. The van der Waals surface area contributed by atoms with Crippen molar-refractivity contribution in [2.24, 2.45) is 0 Å². The molecule has 1 aliphatic heterocycles. The van der Waals surface area contributed by atoms with Crippen LogP contribution in [0.4, 0.5) is 5.69 Å². The number of thioether (sulfide) groups is 1. The van der Waals surface area contributed by atoms with Crippen molar-refractivity contribution in [1.82, 2.24) is 14.8 Å². The zero-order valence-electron chi connectivity index (χ0n) is 19.6. The van der Waals surface area contributed by atoms with E-state index in [1.807, 2.05) is 37.3 Å². The molecular weight excluding hydrogens is 448 g/mol. The number of carbonyl (C=O) groups is 1. The standard InChI is InChI=1S/C26H30N4O3S/c1-17(25(31)27-21-11-8-18-5-3-6-20(18)15-21)34-26-29-28-24(19-9-12-22(32-2)13-10-19)30(26)16-23-7-4-14-33-23/h8-13,15,17,23H,3-7,14,16H2,1-2H3,(H,27,31)/t17-,23+/m1/s1. The van der Waals surface area contributed by atoms with Crippen molar-refractivity contribution in [3.8, 4) is 17.1 Å². The summed E-state index contributed by atoms with van der Waals surface area (Å²) >= 11 is 1.43. The maximum absolute atomic E-state index is 13.0. The summed E-state index contributed by atoms with van der Waals surface area (Å²) in [7, 11) is 1.65. The third-order valence-corrected chi connectivity index (χ3v) is 7.57. The number of aryl methyl sites for hydroxylation is 2. The van der Waals surface area contributed by atoms with E-state index in [1.165, 1.54) is 29.3 Å². The molecule has 2 aromatic carbocycles. The lowest BCUT2D eigenvalue weighted by Crippen LogP contribution is -2.23. The van der Waals surface area contributed by atoms with Crippen molar-refractivity contribution in [1.29, 1.82) is 0 Å². The van der Waals surface area contributed by atoms with Crippen LogP contribution >= 0.6 is 11.8 Å². The summed E-state index contributed by atoms with van der Waals surface area (Å²) in [5, 5.41) is 12.4. The Morgan fingerprint density at radius 1 is 1.18 bits per heavy atom. The molecule has 0 bridgehead atoms. The van der Waals surface area contributed by atoms with Gasteiger partial charge in [-0.1, -0.05) is 17.8 Å². The van der Waals surface area contributed by atoms with Crippen LogP contribution in [0, 0.1) is 0 Å². The molecule has 34 heavy (non-hydrogen) atoms. The van der Waals surface area contributed by atoms with E-state index in [1.54, 1.807) is 7.11 Å². The van der Waals surface area contributed by atoms with Crippen molar-refractivity contribution in [3.63, 3.8) is 0 Å². The minimum atomic E-state index is -0.329. The number of anilines is 1. The average Bonchev–Trinajstić information content (AvgIpc) is 3.61. The van der Waals surface area contributed by atoms with Gasteiger partial charge in [0.05, 0.1) is 25.0 Å². The first-order valence-corrected chi connectivity index (χ1v) is 12.8. The van der Waals surface area contributed by atoms with Crippen LogP contribution in [0.15, 0.2) is 47.6 Å². The molecule has 1 saturated heterocycles. The minimum Gasteiger partial charge on any atom is -0.497 e. The van der Waals surface area contributed by atoms with Gasteiger partial charge in [-0.3, -0.25) is 9.36 Å². The Hall–Kier alpha value is -2.84. The molecule has 7 nitrogen and oxygen atoms in total. The second kappa shape index (κ2) is 10.2. The highest BCUT2D eigenvalue weighted by molar-refractivity contribution is 8.00. The molecule has 0 unspecified atom stereocenters. The van der Waals surface area contributed by atoms with Crippen molar-refractivity contribution in [3.05, 3.63) is 53.6 Å². The van der Waals surface area contributed by atoms with E-state index < -0.39 is 0 Å². The fourth-order valence-electron chi connectivity index (χ4n) is 4.59. The topological polar surface area (TPSA) is 78.3 Å². The zero-order chi connectivity index (χ0) is 23.5. The first-order valence-electron chi connectivity index (χ1n) is 11.9. The van der Waals surface area contributed by atoms with Crippen LogP contribution in [0.2, 0.25) is 0 Å². The van der Waals surface area contributed by atoms with Gasteiger partial charge in [0.2, 0.25) is 5.91 Å². The van der Waals surface area contributed by atoms with Crippen LogP contribution in [0.5, 0.6) is 5.75 Å². The number of benzene rings is 2. The molecule has 5 rings (SSSR count). The summed E-state index contributed by atoms with van der Waals surface area (Å²) in [6.45, 7) is 3.36. The Morgan fingerprint density at radius 2 is 2.00 bits per heavy atom. The maximum Gasteiger partial charge on any atom is 0.237 e. The highest BCUT2D eigenvalue weighted by Gasteiger charge is 2.25. The quantitative estimate of drug-likeness (QED) is 0.471. The number of nitrogens with one attached hydrogen (secondary N) is 1. The number of nitrogens with zero attached hydrogens (tertiary/aromatic N) is 3. The van der Waals surface area contributed by atoms with Crippen molar-refractivity contribution in [2.75, 3.05) is 19.0 Å². The zero-order valence-corrected chi connectivity index (χ0v) is 20.4. The summed E-state index contributed by atoms with van der Waals surface area (Å²) in [6, 6.07) is 14.0. The molecule has 2 atom stereocenters. The number of rotatable bonds is 8. The molecule has 3 aromatic rings. The molecule has 2 heterocycles. The van der Waals surface area contributed by atoms with Crippen LogP contribution in [0.3, 0.4) is 0 Å². The number of hydrogen-bond acceptors (Lipinski definition) is 6. The Morgan fingerprint density at radius 3 is 2.76 bits per heavy atom. The number of hydrogen-bond donors (Lipinski definition) is 1. The maximum atomic E-state index is 13.0. The van der Waals surface area contributed by atoms with Gasteiger partial charge in [0.1, 0.15) is 5.75 Å². The van der Waals surface area contributed by atoms with Crippen molar-refractivity contribution in [2.45, 2.75) is 62.1 Å². The number of amides is 1. The van der Waals surface area contributed by atoms with Crippen LogP contribution in [0.25, 0.3) is 11.4 Å². The van der Waals surface area contributed by atoms with E-state index in [9.17, 15) is 4.79 Å². The third kappa shape index (κ3) is 4.98. The molecule has 1 N–H and O–H groups in total. The van der Waals surface area contributed by atoms with Crippen molar-refractivity contribution >= 4 is 23.4 Å². The van der Waals surface area contributed by atoms with Gasteiger partial charge in [-0.25, -0.2) is 0 Å². The van der Waals surface area contributed by atoms with Gasteiger partial charge in [-0.15, -0.1) is 10.2 Å². The van der Waals surface area contributed by atoms with Crippen LogP contribution in [0.1, 0.15) is 37.3 Å². The first kappa shape index (κ1) is 22.9. The second-order valence-electron chi connectivity index (χ2n) is 8.87. The smallest absolute Gasteiger partial charge is 0.237 e. The monoisotopic (exact) mass is 478 g/mol. The lowest BCUT2D eigenvalue weighted by Gasteiger charge is -2.17. The fourth-order valence-corrected chi connectivity index (χ4v) is 5.45. The van der Waals surface area contributed by atoms with Crippen molar-refractivity contribution < 1.29 is 14.3 Å². The Kier molecular flexibility index (Phi) is 6.87. The van der Waals surface area contributed by atoms with E-state index in [0.717, 1.165) is 60.3 Å². The van der Waals surface area contributed by atoms with E-state index in [-0.39, 0.29) is 17.3 Å². The number of aromatic nitrogens is 3. The van der Waals surface area contributed by atoms with E-state index >= 15 is 0 Å². The molecule has 8 heteroatoms. The predicted octanol–water partition coefficient (Wildman–Crippen LogP) is 4.74. The van der Waals surface area contributed by atoms with Gasteiger partial charge in [-0.05, 0) is 86.6 Å². The largest absolute Gasteiger partial charge is 0.497 e. The number of methoxy groups -OCH3 is 1. The molecule has 178 valence electrons. The van der Waals surface area contributed by atoms with E-state index in [4.69, 9.17) is 9.47 Å². The molecule has 2 aliphatic rings. The van der Waals surface area contributed by atoms with Gasteiger partial charge in [0.25, 0.3) is 0 Å². The van der Waals surface area contributed by atoms with Gasteiger partial charge in [-0.2, -0.15) is 0 Å². The SMILES string of the molecule is COc1ccc(-c2nnc(S[C@H](C)C(=O)Nc3ccc4c(c3)CCC4)n2C[C@@H]2CCCO2)cc1. The highest BCUT2D eigenvalue weighted by Crippen LogP contribution is 2.31. The molecule has 0 saturated carbocycles. The second-order valence-corrected chi connectivity index (χ2v) is 10.2. The van der Waals surface area contributed by atoms with Gasteiger partial charge in [0.15, 0.2) is 11.0 Å². The third-order valence-electron chi connectivity index (χ3n) is 6.49. The Balaban J connectivity index is 1.34. The molecular formula is C26H30N4O3S. The summed E-state index contributed by atoms with van der Waals surface area (Å²) in [5.74, 6) is 1.52. The fraction of sp³-hybridized carbons (Fsp3) is 0.423. The van der Waals surface area contributed by atoms with Crippen LogP contribution in [-0.4, -0.2) is 45.7 Å². The Labute approximate surface area is 204 Å². The van der Waals surface area contributed by atoms with Gasteiger partial charge >= 0.3 is 0 Å². The summed E-state index contributed by atoms with van der Waals surface area (Å²) in [4.78, 5) is 13.0. The minimum absolute atomic E-state index is 0.0411. The molecule has 0 spiro atoms. The predicted molar refractivity (Wildman–Crippen MR) is 133 cm³/mol. The first-order chi connectivity index (χ1) is 16.6. The lowest BCUT2D eigenvalue weighted by molar-refractivity contribution is -0.115. The summed E-state index contributed by atoms with van der Waals surface area (Å²) in [5.41, 5.74) is 4.55.